The number of hydrogen-bond acceptors (Lipinski definition) is 3. The van der Waals surface area contributed by atoms with Crippen molar-refractivity contribution in [1.29, 1.82) is 0 Å². The second kappa shape index (κ2) is 3.89. The van der Waals surface area contributed by atoms with Gasteiger partial charge < -0.3 is 4.74 Å². The smallest absolute Gasteiger partial charge is 0.387 e. The Morgan fingerprint density at radius 2 is 2.00 bits per heavy atom. The van der Waals surface area contributed by atoms with Gasteiger partial charge in [-0.2, -0.15) is 8.78 Å². The molecule has 4 nitrogen and oxygen atoms in total. The lowest BCUT2D eigenvalue weighted by Crippen LogP contribution is -2.12. The van der Waals surface area contributed by atoms with Gasteiger partial charge in [-0.15, -0.1) is 0 Å². The summed E-state index contributed by atoms with van der Waals surface area (Å²) in [5.74, 6) is -0.244. The molecule has 0 saturated heterocycles. The van der Waals surface area contributed by atoms with E-state index in [1.54, 1.807) is 0 Å². The fourth-order valence-corrected chi connectivity index (χ4v) is 1.38. The lowest BCUT2D eigenvalue weighted by Gasteiger charge is -2.05. The van der Waals surface area contributed by atoms with Crippen LogP contribution in [0.4, 0.5) is 8.78 Å². The zero-order valence-corrected chi connectivity index (χ0v) is 7.67. The van der Waals surface area contributed by atoms with Crippen LogP contribution in [0.5, 0.6) is 5.75 Å². The molecule has 0 unspecified atom stereocenters. The maximum Gasteiger partial charge on any atom is 0.387 e. The Hall–Kier alpha value is -1.21. The molecule has 0 aliphatic rings. The summed E-state index contributed by atoms with van der Waals surface area (Å²) in [4.78, 5) is -0.268. The van der Waals surface area contributed by atoms with Crippen molar-refractivity contribution < 1.29 is 21.9 Å². The van der Waals surface area contributed by atoms with Crippen LogP contribution in [0.3, 0.4) is 0 Å². The normalized spacial score (nSPS) is 11.7. The first kappa shape index (κ1) is 10.9. The molecule has 0 fully saturated rings. The van der Waals surface area contributed by atoms with Crippen LogP contribution < -0.4 is 9.88 Å². The van der Waals surface area contributed by atoms with E-state index >= 15 is 0 Å². The number of nitrogens with two attached hydrogens (primary N) is 1. The summed E-state index contributed by atoms with van der Waals surface area (Å²) in [6, 6.07) is 4.59. The Balaban J connectivity index is 3.02. The van der Waals surface area contributed by atoms with Gasteiger partial charge in [0.15, 0.2) is 0 Å². The molecule has 0 spiro atoms. The maximum absolute atomic E-state index is 11.7. The summed E-state index contributed by atoms with van der Waals surface area (Å²) in [5.41, 5.74) is 0. The Labute approximate surface area is 79.3 Å². The summed E-state index contributed by atoms with van der Waals surface area (Å²) >= 11 is 0. The van der Waals surface area contributed by atoms with Crippen molar-refractivity contribution in [2.75, 3.05) is 0 Å². The molecule has 0 radical (unpaired) electrons. The average molecular weight is 223 g/mol. The summed E-state index contributed by atoms with van der Waals surface area (Å²) in [5, 5.41) is 4.79. The number of ether oxygens (including phenoxy) is 1. The minimum Gasteiger partial charge on any atom is -0.435 e. The summed E-state index contributed by atoms with van der Waals surface area (Å²) in [6.07, 6.45) is 0. The number of hydrogen-bond donors (Lipinski definition) is 1. The van der Waals surface area contributed by atoms with E-state index in [2.05, 4.69) is 4.74 Å². The Kier molecular flexibility index (Phi) is 3.02. The minimum atomic E-state index is -3.89. The first-order chi connectivity index (χ1) is 6.39. The lowest BCUT2D eigenvalue weighted by atomic mass is 10.3. The molecule has 0 bridgehead atoms. The van der Waals surface area contributed by atoms with Crippen LogP contribution in [0.25, 0.3) is 0 Å². The van der Waals surface area contributed by atoms with Gasteiger partial charge in [0.1, 0.15) is 5.75 Å². The van der Waals surface area contributed by atoms with Gasteiger partial charge in [0.05, 0.1) is 4.90 Å². The van der Waals surface area contributed by atoms with Crippen molar-refractivity contribution in [3.8, 4) is 5.75 Å². The molecule has 0 saturated carbocycles. The highest BCUT2D eigenvalue weighted by atomic mass is 32.2. The van der Waals surface area contributed by atoms with E-state index in [0.717, 1.165) is 6.07 Å². The molecule has 0 amide bonds. The monoisotopic (exact) mass is 223 g/mol. The molecule has 2 N–H and O–H groups in total. The third-order valence-electron chi connectivity index (χ3n) is 1.36. The van der Waals surface area contributed by atoms with E-state index in [1.807, 2.05) is 0 Å². The number of benzene rings is 1. The number of halogens is 2. The molecule has 1 aromatic carbocycles. The first-order valence-electron chi connectivity index (χ1n) is 3.47. The quantitative estimate of drug-likeness (QED) is 0.828. The van der Waals surface area contributed by atoms with Crippen LogP contribution in [0.15, 0.2) is 29.2 Å². The van der Waals surface area contributed by atoms with Crippen LogP contribution in [0.1, 0.15) is 0 Å². The van der Waals surface area contributed by atoms with E-state index in [9.17, 15) is 17.2 Å². The van der Waals surface area contributed by atoms with Crippen LogP contribution in [0.2, 0.25) is 0 Å². The predicted molar refractivity (Wildman–Crippen MR) is 44.4 cm³/mol. The molecule has 7 heteroatoms. The molecule has 0 aliphatic heterocycles. The molecular formula is C7H7F2NO3S. The zero-order valence-electron chi connectivity index (χ0n) is 6.85. The topological polar surface area (TPSA) is 69.4 Å². The van der Waals surface area contributed by atoms with Crippen molar-refractivity contribution in [2.24, 2.45) is 5.14 Å². The molecule has 1 aromatic rings. The third kappa shape index (κ3) is 2.93. The molecule has 14 heavy (non-hydrogen) atoms. The van der Waals surface area contributed by atoms with Gasteiger partial charge in [-0.25, -0.2) is 13.6 Å². The third-order valence-corrected chi connectivity index (χ3v) is 2.27. The van der Waals surface area contributed by atoms with Crippen LogP contribution in [0, 0.1) is 0 Å². The maximum atomic E-state index is 11.7. The fourth-order valence-electron chi connectivity index (χ4n) is 0.827. The van der Waals surface area contributed by atoms with Gasteiger partial charge in [-0.3, -0.25) is 0 Å². The zero-order chi connectivity index (χ0) is 10.8. The van der Waals surface area contributed by atoms with E-state index in [1.165, 1.54) is 18.2 Å². The van der Waals surface area contributed by atoms with Gasteiger partial charge in [0, 0.05) is 6.07 Å². The molecular weight excluding hydrogens is 216 g/mol. The van der Waals surface area contributed by atoms with Gasteiger partial charge in [-0.1, -0.05) is 6.07 Å². The largest absolute Gasteiger partial charge is 0.435 e. The van der Waals surface area contributed by atoms with Crippen molar-refractivity contribution in [3.05, 3.63) is 24.3 Å². The highest BCUT2D eigenvalue weighted by molar-refractivity contribution is 7.89. The standard InChI is InChI=1S/C7H7F2NO3S/c8-7(9)13-5-2-1-3-6(4-5)14(10,11)12/h1-4,7H,(H2,10,11,12). The Bertz CT molecular complexity index is 419. The minimum absolute atomic E-state index is 0.244. The fraction of sp³-hybridized carbons (Fsp3) is 0.143. The van der Waals surface area contributed by atoms with Crippen LogP contribution in [-0.4, -0.2) is 15.0 Å². The molecule has 0 heterocycles. The predicted octanol–water partition coefficient (Wildman–Crippen LogP) is 0.935. The molecule has 0 atom stereocenters. The Morgan fingerprint density at radius 1 is 1.36 bits per heavy atom. The number of sulfonamides is 1. The van der Waals surface area contributed by atoms with E-state index in [4.69, 9.17) is 5.14 Å². The molecule has 1 rings (SSSR count). The number of alkyl halides is 2. The van der Waals surface area contributed by atoms with Gasteiger partial charge in [-0.05, 0) is 12.1 Å². The lowest BCUT2D eigenvalue weighted by molar-refractivity contribution is -0.0499. The van der Waals surface area contributed by atoms with Crippen LogP contribution in [-0.2, 0) is 10.0 Å². The molecule has 78 valence electrons. The summed E-state index contributed by atoms with van der Waals surface area (Å²) in [6.45, 7) is -2.99. The van der Waals surface area contributed by atoms with Crippen LogP contribution >= 0.6 is 0 Å². The van der Waals surface area contributed by atoms with Gasteiger partial charge in [0.25, 0.3) is 0 Å². The van der Waals surface area contributed by atoms with Crippen molar-refractivity contribution in [1.82, 2.24) is 0 Å². The second-order valence-corrected chi connectivity index (χ2v) is 3.96. The van der Waals surface area contributed by atoms with Crippen molar-refractivity contribution >= 4 is 10.0 Å². The summed E-state index contributed by atoms with van der Waals surface area (Å²) < 4.78 is 49.1. The second-order valence-electron chi connectivity index (χ2n) is 2.40. The number of primary sulfonamides is 1. The number of rotatable bonds is 3. The van der Waals surface area contributed by atoms with Crippen molar-refractivity contribution in [2.45, 2.75) is 11.5 Å². The van der Waals surface area contributed by atoms with E-state index in [0.29, 0.717) is 0 Å². The SMILES string of the molecule is NS(=O)(=O)c1cccc(OC(F)F)c1. The highest BCUT2D eigenvalue weighted by Crippen LogP contribution is 2.17. The van der Waals surface area contributed by atoms with Gasteiger partial charge >= 0.3 is 6.61 Å². The van der Waals surface area contributed by atoms with E-state index < -0.39 is 16.6 Å². The van der Waals surface area contributed by atoms with Gasteiger partial charge in [0.2, 0.25) is 10.0 Å². The highest BCUT2D eigenvalue weighted by Gasteiger charge is 2.10. The molecule has 0 aliphatic carbocycles. The van der Waals surface area contributed by atoms with E-state index in [-0.39, 0.29) is 10.6 Å². The molecule has 0 aromatic heterocycles. The Morgan fingerprint density at radius 3 is 2.50 bits per heavy atom. The van der Waals surface area contributed by atoms with Crippen molar-refractivity contribution in [3.63, 3.8) is 0 Å². The first-order valence-corrected chi connectivity index (χ1v) is 5.02. The average Bonchev–Trinajstić information content (AvgIpc) is 2.01. The summed E-state index contributed by atoms with van der Waals surface area (Å²) in [7, 11) is -3.89.